The number of nitrogens with zero attached hydrogens (tertiary/aromatic N) is 1. The number of sulfonamides is 1. The summed E-state index contributed by atoms with van der Waals surface area (Å²) in [6.07, 6.45) is 0.816. The van der Waals surface area contributed by atoms with Crippen molar-refractivity contribution in [2.75, 3.05) is 11.4 Å². The first-order valence-corrected chi connectivity index (χ1v) is 9.73. The topological polar surface area (TPSA) is 66.5 Å². The average Bonchev–Trinajstić information content (AvgIpc) is 2.61. The van der Waals surface area contributed by atoms with Gasteiger partial charge in [0.2, 0.25) is 0 Å². The number of rotatable bonds is 6. The number of anilines is 1. The number of amides is 1. The number of hydrogen-bond donors (Lipinski definition) is 1. The maximum atomic E-state index is 12.7. The average molecular weight is 381 g/mol. The quantitative estimate of drug-likeness (QED) is 0.831. The van der Waals surface area contributed by atoms with Crippen LogP contribution in [0.3, 0.4) is 0 Å². The van der Waals surface area contributed by atoms with Crippen molar-refractivity contribution in [1.29, 1.82) is 0 Å². The molecule has 0 aliphatic rings. The number of nitrogens with one attached hydrogen (secondary N) is 1. The molecule has 0 bridgehead atoms. The Balaban J connectivity index is 2.30. The van der Waals surface area contributed by atoms with Crippen molar-refractivity contribution in [1.82, 2.24) is 5.32 Å². The van der Waals surface area contributed by atoms with E-state index in [-0.39, 0.29) is 16.8 Å². The molecule has 134 valence electrons. The predicted octanol–water partition coefficient (Wildman–Crippen LogP) is 3.69. The smallest absolute Gasteiger partial charge is 0.264 e. The Hall–Kier alpha value is -2.05. The molecule has 1 amide bonds. The first kappa shape index (κ1) is 19.3. The van der Waals surface area contributed by atoms with Crippen LogP contribution in [0.25, 0.3) is 0 Å². The Kier molecular flexibility index (Phi) is 6.08. The molecule has 0 aromatic heterocycles. The summed E-state index contributed by atoms with van der Waals surface area (Å²) in [4.78, 5) is 12.4. The normalized spacial score (nSPS) is 12.5. The van der Waals surface area contributed by atoms with Gasteiger partial charge in [0.1, 0.15) is 0 Å². The van der Waals surface area contributed by atoms with E-state index in [1.165, 1.54) is 31.3 Å². The predicted molar refractivity (Wildman–Crippen MR) is 101 cm³/mol. The first-order valence-electron chi connectivity index (χ1n) is 7.91. The lowest BCUT2D eigenvalue weighted by Gasteiger charge is -2.20. The fourth-order valence-electron chi connectivity index (χ4n) is 2.16. The third kappa shape index (κ3) is 4.52. The van der Waals surface area contributed by atoms with Crippen LogP contribution in [0.15, 0.2) is 53.4 Å². The summed E-state index contributed by atoms with van der Waals surface area (Å²) >= 11 is 5.81. The molecule has 2 aromatic carbocycles. The molecule has 5 nitrogen and oxygen atoms in total. The van der Waals surface area contributed by atoms with Gasteiger partial charge in [0.25, 0.3) is 15.9 Å². The highest BCUT2D eigenvalue weighted by Gasteiger charge is 2.22. The highest BCUT2D eigenvalue weighted by atomic mass is 35.5. The van der Waals surface area contributed by atoms with Gasteiger partial charge in [0, 0.05) is 23.7 Å². The van der Waals surface area contributed by atoms with E-state index >= 15 is 0 Å². The largest absolute Gasteiger partial charge is 0.350 e. The van der Waals surface area contributed by atoms with Crippen molar-refractivity contribution >= 4 is 33.2 Å². The second kappa shape index (κ2) is 7.89. The summed E-state index contributed by atoms with van der Waals surface area (Å²) in [7, 11) is -2.28. The molecule has 0 fully saturated rings. The Labute approximate surface area is 153 Å². The molecule has 25 heavy (non-hydrogen) atoms. The summed E-state index contributed by atoms with van der Waals surface area (Å²) in [5.41, 5.74) is 0.822. The van der Waals surface area contributed by atoms with Crippen molar-refractivity contribution in [3.8, 4) is 0 Å². The summed E-state index contributed by atoms with van der Waals surface area (Å²) in [5.74, 6) is -0.228. The van der Waals surface area contributed by atoms with Gasteiger partial charge in [-0.25, -0.2) is 8.42 Å². The molecule has 0 saturated carbocycles. The number of benzene rings is 2. The van der Waals surface area contributed by atoms with E-state index < -0.39 is 10.0 Å². The van der Waals surface area contributed by atoms with Gasteiger partial charge >= 0.3 is 0 Å². The highest BCUT2D eigenvalue weighted by Crippen LogP contribution is 2.24. The van der Waals surface area contributed by atoms with E-state index in [1.807, 2.05) is 13.8 Å². The van der Waals surface area contributed by atoms with Crippen molar-refractivity contribution in [2.24, 2.45) is 0 Å². The Morgan fingerprint density at radius 2 is 1.84 bits per heavy atom. The van der Waals surface area contributed by atoms with Crippen LogP contribution in [0.5, 0.6) is 0 Å². The van der Waals surface area contributed by atoms with E-state index in [0.717, 1.165) is 10.7 Å². The van der Waals surface area contributed by atoms with Crippen LogP contribution in [-0.2, 0) is 10.0 Å². The van der Waals surface area contributed by atoms with Gasteiger partial charge < -0.3 is 5.32 Å². The molecular weight excluding hydrogens is 360 g/mol. The lowest BCUT2D eigenvalue weighted by molar-refractivity contribution is 0.0939. The molecule has 7 heteroatoms. The standard InChI is InChI=1S/C18H21ClN2O3S/c1-4-13(2)20-18(22)14-6-5-7-16(12-14)21(3)25(23,24)17-10-8-15(19)9-11-17/h5-13H,4H2,1-3H3,(H,20,22)/t13-/m0/s1. The maximum Gasteiger partial charge on any atom is 0.264 e. The van der Waals surface area contributed by atoms with Crippen LogP contribution < -0.4 is 9.62 Å². The third-order valence-corrected chi connectivity index (χ3v) is 5.99. The van der Waals surface area contributed by atoms with Gasteiger partial charge in [-0.2, -0.15) is 0 Å². The van der Waals surface area contributed by atoms with Crippen molar-refractivity contribution in [2.45, 2.75) is 31.2 Å². The zero-order valence-corrected chi connectivity index (χ0v) is 15.9. The van der Waals surface area contributed by atoms with Gasteiger partial charge in [-0.15, -0.1) is 0 Å². The molecule has 0 aliphatic carbocycles. The number of carbonyl (C=O) groups excluding carboxylic acids is 1. The van der Waals surface area contributed by atoms with E-state index in [9.17, 15) is 13.2 Å². The number of carbonyl (C=O) groups is 1. The van der Waals surface area contributed by atoms with Gasteiger partial charge in [-0.1, -0.05) is 24.6 Å². The maximum absolute atomic E-state index is 12.7. The van der Waals surface area contributed by atoms with E-state index in [2.05, 4.69) is 5.32 Å². The fourth-order valence-corrected chi connectivity index (χ4v) is 3.47. The Morgan fingerprint density at radius 1 is 1.20 bits per heavy atom. The molecule has 0 spiro atoms. The summed E-state index contributed by atoms with van der Waals surface area (Å²) < 4.78 is 26.6. The molecule has 0 unspecified atom stereocenters. The van der Waals surface area contributed by atoms with Gasteiger partial charge in [0.15, 0.2) is 0 Å². The first-order chi connectivity index (χ1) is 11.8. The highest BCUT2D eigenvalue weighted by molar-refractivity contribution is 7.92. The fraction of sp³-hybridized carbons (Fsp3) is 0.278. The molecule has 0 radical (unpaired) electrons. The lowest BCUT2D eigenvalue weighted by Crippen LogP contribution is -2.32. The molecule has 0 aliphatic heterocycles. The summed E-state index contributed by atoms with van der Waals surface area (Å²) in [5, 5.41) is 3.33. The van der Waals surface area contributed by atoms with E-state index in [0.29, 0.717) is 16.3 Å². The molecule has 2 rings (SSSR count). The molecule has 2 aromatic rings. The van der Waals surface area contributed by atoms with Gasteiger partial charge in [-0.3, -0.25) is 9.10 Å². The summed E-state index contributed by atoms with van der Waals surface area (Å²) in [6.45, 7) is 3.90. The van der Waals surface area contributed by atoms with Crippen LogP contribution in [0.4, 0.5) is 5.69 Å². The van der Waals surface area contributed by atoms with Crippen LogP contribution in [-0.4, -0.2) is 27.4 Å². The van der Waals surface area contributed by atoms with Crippen LogP contribution in [0, 0.1) is 0 Å². The minimum atomic E-state index is -3.74. The van der Waals surface area contributed by atoms with Crippen molar-refractivity contribution < 1.29 is 13.2 Å². The SMILES string of the molecule is CC[C@H](C)NC(=O)c1cccc(N(C)S(=O)(=O)c2ccc(Cl)cc2)c1. The molecular formula is C18H21ClN2O3S. The van der Waals surface area contributed by atoms with Crippen molar-refractivity contribution in [3.05, 3.63) is 59.1 Å². The second-order valence-corrected chi connectivity index (χ2v) is 8.17. The van der Waals surface area contributed by atoms with E-state index in [4.69, 9.17) is 11.6 Å². The molecule has 0 saturated heterocycles. The number of halogens is 1. The van der Waals surface area contributed by atoms with Gasteiger partial charge in [0.05, 0.1) is 10.6 Å². The zero-order chi connectivity index (χ0) is 18.6. The van der Waals surface area contributed by atoms with Gasteiger partial charge in [-0.05, 0) is 55.8 Å². The third-order valence-electron chi connectivity index (χ3n) is 3.93. The number of hydrogen-bond acceptors (Lipinski definition) is 3. The molecule has 1 N–H and O–H groups in total. The van der Waals surface area contributed by atoms with Crippen LogP contribution in [0.2, 0.25) is 5.02 Å². The lowest BCUT2D eigenvalue weighted by atomic mass is 10.1. The Bertz CT molecular complexity index is 851. The Morgan fingerprint density at radius 3 is 2.44 bits per heavy atom. The van der Waals surface area contributed by atoms with Crippen molar-refractivity contribution in [3.63, 3.8) is 0 Å². The molecule has 1 atom stereocenters. The zero-order valence-electron chi connectivity index (χ0n) is 14.4. The summed E-state index contributed by atoms with van der Waals surface area (Å²) in [6, 6.07) is 12.5. The minimum Gasteiger partial charge on any atom is -0.350 e. The van der Waals surface area contributed by atoms with Crippen LogP contribution in [0.1, 0.15) is 30.6 Å². The second-order valence-electron chi connectivity index (χ2n) is 5.76. The monoisotopic (exact) mass is 380 g/mol. The minimum absolute atomic E-state index is 0.0479. The molecule has 0 heterocycles. The van der Waals surface area contributed by atoms with E-state index in [1.54, 1.807) is 24.3 Å². The van der Waals surface area contributed by atoms with Crippen LogP contribution >= 0.6 is 11.6 Å².